The van der Waals surface area contributed by atoms with Crippen LogP contribution in [0.15, 0.2) is 53.3 Å². The number of fused-ring (bicyclic) bond motifs is 1. The minimum Gasteiger partial charge on any atom is -0.343 e. The van der Waals surface area contributed by atoms with E-state index in [9.17, 15) is 4.79 Å². The summed E-state index contributed by atoms with van der Waals surface area (Å²) in [6, 6.07) is 13.2. The molecule has 1 saturated heterocycles. The maximum atomic E-state index is 12.6. The summed E-state index contributed by atoms with van der Waals surface area (Å²) >= 11 is 6.06. The number of benzene rings is 2. The van der Waals surface area contributed by atoms with Gasteiger partial charge in [0.05, 0.1) is 17.4 Å². The standard InChI is InChI=1S/C24H24ClN5O2/c25-19-7-5-6-18(14-19)24-27-23(28-32-24)17-8-9-21-20(15-17)26-16-30(21)13-10-22(31)29-11-3-1-2-4-12-29/h5-9,14-16H,1-4,10-13H2. The number of likely N-dealkylation sites (tertiary alicyclic amines) is 1. The lowest BCUT2D eigenvalue weighted by Crippen LogP contribution is -2.32. The Morgan fingerprint density at radius 3 is 2.69 bits per heavy atom. The first-order chi connectivity index (χ1) is 15.7. The largest absolute Gasteiger partial charge is 0.343 e. The molecular weight excluding hydrogens is 426 g/mol. The number of aromatic nitrogens is 4. The highest BCUT2D eigenvalue weighted by molar-refractivity contribution is 6.30. The Morgan fingerprint density at radius 2 is 1.88 bits per heavy atom. The van der Waals surface area contributed by atoms with Gasteiger partial charge in [-0.3, -0.25) is 4.79 Å². The van der Waals surface area contributed by atoms with Crippen molar-refractivity contribution in [2.24, 2.45) is 0 Å². The molecule has 164 valence electrons. The second-order valence-electron chi connectivity index (χ2n) is 8.12. The fourth-order valence-corrected chi connectivity index (χ4v) is 4.35. The molecule has 8 heteroatoms. The first-order valence-corrected chi connectivity index (χ1v) is 11.4. The molecule has 1 aliphatic rings. The van der Waals surface area contributed by atoms with Gasteiger partial charge < -0.3 is 14.0 Å². The van der Waals surface area contributed by atoms with Gasteiger partial charge in [0.25, 0.3) is 5.89 Å². The first-order valence-electron chi connectivity index (χ1n) is 11.0. The first kappa shape index (κ1) is 20.7. The average Bonchev–Trinajstić information content (AvgIpc) is 3.36. The molecule has 1 fully saturated rings. The van der Waals surface area contributed by atoms with Crippen LogP contribution in [0.5, 0.6) is 0 Å². The molecule has 1 aliphatic heterocycles. The van der Waals surface area contributed by atoms with Gasteiger partial charge in [0, 0.05) is 42.2 Å². The SMILES string of the molecule is O=C(CCn1cnc2cc(-c3noc(-c4cccc(Cl)c4)n3)ccc21)N1CCCCCC1. The van der Waals surface area contributed by atoms with Gasteiger partial charge in [0.1, 0.15) is 0 Å². The van der Waals surface area contributed by atoms with Crippen molar-refractivity contribution in [1.82, 2.24) is 24.6 Å². The minimum atomic E-state index is 0.228. The number of carbonyl (C=O) groups is 1. The quantitative estimate of drug-likeness (QED) is 0.418. The third-order valence-electron chi connectivity index (χ3n) is 5.90. The Bertz CT molecular complexity index is 1240. The molecule has 0 unspecified atom stereocenters. The van der Waals surface area contributed by atoms with Crippen molar-refractivity contribution in [2.45, 2.75) is 38.6 Å². The van der Waals surface area contributed by atoms with E-state index in [1.807, 2.05) is 39.8 Å². The van der Waals surface area contributed by atoms with Crippen LogP contribution in [0, 0.1) is 0 Å². The van der Waals surface area contributed by atoms with Crippen LogP contribution in [0.3, 0.4) is 0 Å². The Labute approximate surface area is 191 Å². The Hall–Kier alpha value is -3.19. The Balaban J connectivity index is 1.30. The van der Waals surface area contributed by atoms with Crippen molar-refractivity contribution in [3.8, 4) is 22.8 Å². The van der Waals surface area contributed by atoms with Crippen LogP contribution >= 0.6 is 11.6 Å². The zero-order chi connectivity index (χ0) is 21.9. The van der Waals surface area contributed by atoms with Crippen LogP contribution in [0.1, 0.15) is 32.1 Å². The number of amides is 1. The molecule has 32 heavy (non-hydrogen) atoms. The minimum absolute atomic E-state index is 0.228. The van der Waals surface area contributed by atoms with Gasteiger partial charge in [0.15, 0.2) is 0 Å². The van der Waals surface area contributed by atoms with E-state index in [4.69, 9.17) is 16.1 Å². The van der Waals surface area contributed by atoms with Crippen LogP contribution in [-0.4, -0.2) is 43.6 Å². The highest BCUT2D eigenvalue weighted by Crippen LogP contribution is 2.26. The normalized spacial score (nSPS) is 14.6. The third-order valence-corrected chi connectivity index (χ3v) is 6.14. The number of carbonyl (C=O) groups excluding carboxylic acids is 1. The summed E-state index contributed by atoms with van der Waals surface area (Å²) in [5.41, 5.74) is 3.41. The maximum Gasteiger partial charge on any atom is 0.258 e. The van der Waals surface area contributed by atoms with Crippen molar-refractivity contribution in [3.63, 3.8) is 0 Å². The van der Waals surface area contributed by atoms with Gasteiger partial charge in [0.2, 0.25) is 11.7 Å². The van der Waals surface area contributed by atoms with Crippen molar-refractivity contribution in [2.75, 3.05) is 13.1 Å². The lowest BCUT2D eigenvalue weighted by atomic mass is 10.2. The second-order valence-corrected chi connectivity index (χ2v) is 8.56. The number of hydrogen-bond donors (Lipinski definition) is 0. The fourth-order valence-electron chi connectivity index (χ4n) is 4.15. The Morgan fingerprint density at radius 1 is 1.03 bits per heavy atom. The summed E-state index contributed by atoms with van der Waals surface area (Å²) in [5.74, 6) is 1.14. The molecule has 0 N–H and O–H groups in total. The summed E-state index contributed by atoms with van der Waals surface area (Å²) in [4.78, 5) is 23.7. The maximum absolute atomic E-state index is 12.6. The second kappa shape index (κ2) is 9.12. The monoisotopic (exact) mass is 449 g/mol. The lowest BCUT2D eigenvalue weighted by Gasteiger charge is -2.20. The van der Waals surface area contributed by atoms with E-state index in [0.29, 0.717) is 29.7 Å². The zero-order valence-corrected chi connectivity index (χ0v) is 18.5. The number of hydrogen-bond acceptors (Lipinski definition) is 5. The molecule has 0 spiro atoms. The van der Waals surface area contributed by atoms with Gasteiger partial charge in [-0.05, 0) is 49.2 Å². The smallest absolute Gasteiger partial charge is 0.258 e. The molecule has 0 bridgehead atoms. The molecule has 5 rings (SSSR count). The summed E-state index contributed by atoms with van der Waals surface area (Å²) in [5, 5.41) is 4.73. The van der Waals surface area contributed by atoms with Crippen molar-refractivity contribution < 1.29 is 9.32 Å². The highest BCUT2D eigenvalue weighted by Gasteiger charge is 2.16. The number of halogens is 1. The van der Waals surface area contributed by atoms with Gasteiger partial charge in [-0.2, -0.15) is 4.98 Å². The molecule has 0 saturated carbocycles. The lowest BCUT2D eigenvalue weighted by molar-refractivity contribution is -0.131. The predicted molar refractivity (Wildman–Crippen MR) is 123 cm³/mol. The number of rotatable bonds is 5. The van der Waals surface area contributed by atoms with Crippen LogP contribution in [0.25, 0.3) is 33.9 Å². The molecule has 3 heterocycles. The number of imidazole rings is 1. The van der Waals surface area contributed by atoms with Crippen LogP contribution < -0.4 is 0 Å². The van der Waals surface area contributed by atoms with Crippen LogP contribution in [0.2, 0.25) is 5.02 Å². The van der Waals surface area contributed by atoms with Crippen LogP contribution in [-0.2, 0) is 11.3 Å². The zero-order valence-electron chi connectivity index (χ0n) is 17.7. The summed E-state index contributed by atoms with van der Waals surface area (Å²) < 4.78 is 7.45. The predicted octanol–water partition coefficient (Wildman–Crippen LogP) is 5.20. The topological polar surface area (TPSA) is 77.0 Å². The average molecular weight is 450 g/mol. The van der Waals surface area contributed by atoms with E-state index in [1.54, 1.807) is 18.5 Å². The van der Waals surface area contributed by atoms with E-state index >= 15 is 0 Å². The summed E-state index contributed by atoms with van der Waals surface area (Å²) in [6.45, 7) is 2.38. The molecule has 7 nitrogen and oxygen atoms in total. The number of nitrogens with zero attached hydrogens (tertiary/aromatic N) is 5. The van der Waals surface area contributed by atoms with Crippen molar-refractivity contribution in [1.29, 1.82) is 0 Å². The molecular formula is C24H24ClN5O2. The van der Waals surface area contributed by atoms with Gasteiger partial charge in [-0.25, -0.2) is 4.98 Å². The third kappa shape index (κ3) is 4.39. The molecule has 0 aliphatic carbocycles. The van der Waals surface area contributed by atoms with E-state index in [0.717, 1.165) is 48.1 Å². The van der Waals surface area contributed by atoms with E-state index in [2.05, 4.69) is 15.1 Å². The molecule has 0 atom stereocenters. The van der Waals surface area contributed by atoms with Gasteiger partial charge in [-0.15, -0.1) is 0 Å². The molecule has 2 aromatic heterocycles. The van der Waals surface area contributed by atoms with Gasteiger partial charge >= 0.3 is 0 Å². The molecule has 4 aromatic rings. The van der Waals surface area contributed by atoms with E-state index in [-0.39, 0.29) is 5.91 Å². The van der Waals surface area contributed by atoms with Crippen molar-refractivity contribution in [3.05, 3.63) is 53.8 Å². The van der Waals surface area contributed by atoms with Crippen LogP contribution in [0.4, 0.5) is 0 Å². The van der Waals surface area contributed by atoms with Crippen molar-refractivity contribution >= 4 is 28.5 Å². The summed E-state index contributed by atoms with van der Waals surface area (Å²) in [7, 11) is 0. The Kier molecular flexibility index (Phi) is 5.90. The molecule has 0 radical (unpaired) electrons. The molecule has 1 amide bonds. The van der Waals surface area contributed by atoms with Gasteiger partial charge in [-0.1, -0.05) is 35.7 Å². The van der Waals surface area contributed by atoms with E-state index in [1.165, 1.54) is 12.8 Å². The molecule has 2 aromatic carbocycles. The van der Waals surface area contributed by atoms with E-state index < -0.39 is 0 Å². The summed E-state index contributed by atoms with van der Waals surface area (Å²) in [6.07, 6.45) is 6.94. The fraction of sp³-hybridized carbons (Fsp3) is 0.333. The highest BCUT2D eigenvalue weighted by atomic mass is 35.5. The number of aryl methyl sites for hydroxylation is 1.